The second kappa shape index (κ2) is 9.42. The van der Waals surface area contributed by atoms with Crippen LogP contribution in [-0.4, -0.2) is 66.7 Å². The highest BCUT2D eigenvalue weighted by Crippen LogP contribution is 2.38. The number of benzene rings is 1. The van der Waals surface area contributed by atoms with Gasteiger partial charge in [0.15, 0.2) is 11.5 Å². The van der Waals surface area contributed by atoms with E-state index in [9.17, 15) is 0 Å². The lowest BCUT2D eigenvalue weighted by Gasteiger charge is -2.30. The lowest BCUT2D eigenvalue weighted by atomic mass is 10.1. The van der Waals surface area contributed by atoms with Gasteiger partial charge in [0.2, 0.25) is 0 Å². The molecule has 3 N–H and O–H groups in total. The maximum atomic E-state index is 8.85. The molecule has 0 amide bonds. The summed E-state index contributed by atoms with van der Waals surface area (Å²) in [5.74, 6) is 1.81. The summed E-state index contributed by atoms with van der Waals surface area (Å²) in [6.07, 6.45) is 3.02. The fourth-order valence-corrected chi connectivity index (χ4v) is 3.51. The number of H-pyrrole nitrogens is 1. The number of ether oxygens (including phenoxy) is 2. The molecule has 4 rings (SSSR count). The average Bonchev–Trinajstić information content (AvgIpc) is 3.27. The van der Waals surface area contributed by atoms with Crippen molar-refractivity contribution < 1.29 is 9.47 Å². The molecule has 1 aliphatic heterocycles. The molecule has 1 unspecified atom stereocenters. The molecule has 1 saturated heterocycles. The second-order valence-corrected chi connectivity index (χ2v) is 7.12. The van der Waals surface area contributed by atoms with Crippen molar-refractivity contribution in [2.24, 2.45) is 0 Å². The number of nitrogens with one attached hydrogen (secondary N) is 3. The lowest BCUT2D eigenvalue weighted by molar-refractivity contribution is 0.0340. The van der Waals surface area contributed by atoms with Crippen molar-refractivity contribution in [2.75, 3.05) is 50.6 Å². The van der Waals surface area contributed by atoms with E-state index in [2.05, 4.69) is 35.7 Å². The molecule has 1 atom stereocenters. The highest BCUT2D eigenvalue weighted by atomic mass is 16.5. The summed E-state index contributed by atoms with van der Waals surface area (Å²) in [6, 6.07) is 9.77. The van der Waals surface area contributed by atoms with Crippen molar-refractivity contribution in [3.63, 3.8) is 0 Å². The zero-order valence-corrected chi connectivity index (χ0v) is 17.4. The number of likely N-dealkylation sites (N-methyl/N-ethyl adjacent to an activating group) is 1. The average molecular weight is 420 g/mol. The highest BCUT2D eigenvalue weighted by molar-refractivity contribution is 5.83. The third-order valence-electron chi connectivity index (χ3n) is 4.99. The topological polar surface area (TPSA) is 124 Å². The van der Waals surface area contributed by atoms with E-state index in [1.807, 2.05) is 37.4 Å². The number of methoxy groups -OCH3 is 1. The molecule has 3 heterocycles. The normalized spacial score (nSPS) is 15.8. The molecule has 3 aromatic rings. The number of aromatic amines is 1. The number of nitriles is 1. The summed E-state index contributed by atoms with van der Waals surface area (Å²) in [4.78, 5) is 10.3. The third-order valence-corrected chi connectivity index (χ3v) is 4.99. The highest BCUT2D eigenvalue weighted by Gasteiger charge is 2.21. The van der Waals surface area contributed by atoms with Crippen LogP contribution in [0.25, 0.3) is 11.3 Å². The number of hydrogen-bond donors (Lipinski definition) is 3. The van der Waals surface area contributed by atoms with Gasteiger partial charge in [-0.3, -0.25) is 5.10 Å². The molecule has 1 aromatic carbocycles. The first kappa shape index (κ1) is 20.6. The third kappa shape index (κ3) is 4.74. The zero-order valence-electron chi connectivity index (χ0n) is 17.4. The molecule has 0 aliphatic carbocycles. The maximum Gasteiger partial charge on any atom is 0.158 e. The molecular formula is C21H24N8O2. The quantitative estimate of drug-likeness (QED) is 0.526. The molecule has 160 valence electrons. The van der Waals surface area contributed by atoms with Gasteiger partial charge in [0, 0.05) is 38.4 Å². The number of rotatable bonds is 7. The Morgan fingerprint density at radius 1 is 1.32 bits per heavy atom. The molecule has 0 radical (unpaired) electrons. The molecule has 2 aromatic heterocycles. The Kier molecular flexibility index (Phi) is 6.26. The number of nitrogens with zero attached hydrogens (tertiary/aromatic N) is 5. The van der Waals surface area contributed by atoms with Gasteiger partial charge in [-0.2, -0.15) is 10.4 Å². The van der Waals surface area contributed by atoms with Crippen LogP contribution >= 0.6 is 0 Å². The summed E-state index contributed by atoms with van der Waals surface area (Å²) in [5.41, 5.74) is 2.96. The predicted octanol–water partition coefficient (Wildman–Crippen LogP) is 1.92. The second-order valence-electron chi connectivity index (χ2n) is 7.12. The Morgan fingerprint density at radius 3 is 2.94 bits per heavy atom. The van der Waals surface area contributed by atoms with Crippen molar-refractivity contribution >= 4 is 17.3 Å². The van der Waals surface area contributed by atoms with Crippen LogP contribution in [0.15, 0.2) is 36.7 Å². The van der Waals surface area contributed by atoms with Crippen LogP contribution in [0.2, 0.25) is 0 Å². The number of hydrogen-bond acceptors (Lipinski definition) is 9. The van der Waals surface area contributed by atoms with E-state index in [4.69, 9.17) is 14.7 Å². The fraction of sp³-hybridized carbons (Fsp3) is 0.333. The molecular weight excluding hydrogens is 396 g/mol. The van der Waals surface area contributed by atoms with Gasteiger partial charge in [-0.1, -0.05) is 6.07 Å². The molecule has 0 saturated carbocycles. The van der Waals surface area contributed by atoms with Crippen molar-refractivity contribution in [1.29, 1.82) is 5.26 Å². The number of morpholine rings is 1. The number of anilines is 3. The van der Waals surface area contributed by atoms with Gasteiger partial charge in [-0.05, 0) is 12.1 Å². The van der Waals surface area contributed by atoms with Gasteiger partial charge >= 0.3 is 0 Å². The van der Waals surface area contributed by atoms with Crippen molar-refractivity contribution in [3.05, 3.63) is 42.4 Å². The van der Waals surface area contributed by atoms with E-state index < -0.39 is 0 Å². The van der Waals surface area contributed by atoms with Crippen LogP contribution < -0.4 is 20.3 Å². The van der Waals surface area contributed by atoms with Crippen LogP contribution in [0.1, 0.15) is 5.69 Å². The maximum absolute atomic E-state index is 8.85. The first-order valence-corrected chi connectivity index (χ1v) is 9.93. The molecule has 31 heavy (non-hydrogen) atoms. The summed E-state index contributed by atoms with van der Waals surface area (Å²) >= 11 is 0. The lowest BCUT2D eigenvalue weighted by Crippen LogP contribution is -2.44. The smallest absolute Gasteiger partial charge is 0.158 e. The van der Waals surface area contributed by atoms with Crippen molar-refractivity contribution in [3.8, 4) is 23.1 Å². The molecule has 1 aliphatic rings. The molecule has 0 bridgehead atoms. The standard InChI is InChI=1S/C21H24N8O2/c1-29(13-15-11-23-6-7-31-15)17-4-3-5-18(30-2)21(17)16-8-19(28-27-16)26-20-12-24-14(9-22)10-25-20/h3-5,8,10,12,15,23H,6-7,11,13H2,1-2H3,(H2,25,26,27,28). The van der Waals surface area contributed by atoms with Crippen molar-refractivity contribution in [2.45, 2.75) is 6.10 Å². The van der Waals surface area contributed by atoms with Gasteiger partial charge < -0.3 is 25.0 Å². The fourth-order valence-electron chi connectivity index (χ4n) is 3.51. The monoisotopic (exact) mass is 420 g/mol. The Bertz CT molecular complexity index is 1050. The van der Waals surface area contributed by atoms with E-state index >= 15 is 0 Å². The minimum atomic E-state index is 0.117. The largest absolute Gasteiger partial charge is 0.496 e. The van der Waals surface area contributed by atoms with Crippen molar-refractivity contribution in [1.82, 2.24) is 25.5 Å². The van der Waals surface area contributed by atoms with E-state index in [0.717, 1.165) is 48.9 Å². The minimum absolute atomic E-state index is 0.117. The predicted molar refractivity (Wildman–Crippen MR) is 116 cm³/mol. The van der Waals surface area contributed by atoms with E-state index in [1.54, 1.807) is 7.11 Å². The van der Waals surface area contributed by atoms with Crippen LogP contribution in [0.5, 0.6) is 5.75 Å². The van der Waals surface area contributed by atoms with Crippen LogP contribution in [0.3, 0.4) is 0 Å². The molecule has 10 nitrogen and oxygen atoms in total. The first-order valence-electron chi connectivity index (χ1n) is 9.93. The Morgan fingerprint density at radius 2 is 2.23 bits per heavy atom. The Labute approximate surface area is 180 Å². The van der Waals surface area contributed by atoms with Crippen LogP contribution in [0, 0.1) is 11.3 Å². The van der Waals surface area contributed by atoms with Crippen LogP contribution in [0.4, 0.5) is 17.3 Å². The van der Waals surface area contributed by atoms with Gasteiger partial charge in [-0.15, -0.1) is 0 Å². The Balaban J connectivity index is 1.58. The van der Waals surface area contributed by atoms with E-state index in [-0.39, 0.29) is 11.8 Å². The Hall–Kier alpha value is -3.68. The molecule has 1 fully saturated rings. The van der Waals surface area contributed by atoms with E-state index in [1.165, 1.54) is 12.4 Å². The van der Waals surface area contributed by atoms with E-state index in [0.29, 0.717) is 11.6 Å². The van der Waals surface area contributed by atoms with Gasteiger partial charge in [0.05, 0.1) is 43.5 Å². The molecule has 0 spiro atoms. The molecule has 10 heteroatoms. The first-order chi connectivity index (χ1) is 15.2. The summed E-state index contributed by atoms with van der Waals surface area (Å²) in [5, 5.41) is 22.7. The van der Waals surface area contributed by atoms with Gasteiger partial charge in [0.1, 0.15) is 17.6 Å². The number of aromatic nitrogens is 4. The van der Waals surface area contributed by atoms with Gasteiger partial charge in [-0.25, -0.2) is 9.97 Å². The minimum Gasteiger partial charge on any atom is -0.496 e. The van der Waals surface area contributed by atoms with Crippen LogP contribution in [-0.2, 0) is 4.74 Å². The zero-order chi connectivity index (χ0) is 21.6. The summed E-state index contributed by atoms with van der Waals surface area (Å²) in [6.45, 7) is 3.18. The van der Waals surface area contributed by atoms with Gasteiger partial charge in [0.25, 0.3) is 0 Å². The summed E-state index contributed by atoms with van der Waals surface area (Å²) < 4.78 is 11.5. The summed E-state index contributed by atoms with van der Waals surface area (Å²) in [7, 11) is 3.69. The SMILES string of the molecule is COc1cccc(N(C)CC2CNCCO2)c1-c1cc(Nc2cnc(C#N)cn2)n[nH]1.